The molecule has 0 spiro atoms. The molecular weight excluding hydrogens is 374 g/mol. The fraction of sp³-hybridized carbons (Fsp3) is 0.280. The molecule has 1 atom stereocenters. The Morgan fingerprint density at radius 1 is 1.17 bits per heavy atom. The van der Waals surface area contributed by atoms with Crippen LogP contribution in [-0.2, 0) is 17.4 Å². The van der Waals surface area contributed by atoms with Crippen molar-refractivity contribution in [2.75, 3.05) is 13.2 Å². The van der Waals surface area contributed by atoms with Gasteiger partial charge in [0, 0.05) is 26.0 Å². The highest BCUT2D eigenvalue weighted by molar-refractivity contribution is 5.91. The number of aromatic nitrogens is 2. The van der Waals surface area contributed by atoms with Crippen molar-refractivity contribution >= 4 is 5.91 Å². The minimum atomic E-state index is -0.869. The normalized spacial score (nSPS) is 16.4. The zero-order valence-electron chi connectivity index (χ0n) is 17.1. The van der Waals surface area contributed by atoms with Crippen molar-refractivity contribution in [1.82, 2.24) is 14.5 Å². The van der Waals surface area contributed by atoms with E-state index in [2.05, 4.69) is 10.9 Å². The molecule has 0 N–H and O–H groups in total. The van der Waals surface area contributed by atoms with Gasteiger partial charge in [0.05, 0.1) is 6.04 Å². The lowest BCUT2D eigenvalue weighted by Gasteiger charge is -2.43. The number of nitrogens with zero attached hydrogens (tertiary/aromatic N) is 3. The summed E-state index contributed by atoms with van der Waals surface area (Å²) in [5.74, 6) is 2.96. The number of benzene rings is 2. The second-order valence-corrected chi connectivity index (χ2v) is 7.48. The van der Waals surface area contributed by atoms with Crippen LogP contribution < -0.4 is 0 Å². The van der Waals surface area contributed by atoms with Gasteiger partial charge < -0.3 is 14.2 Å². The maximum Gasteiger partial charge on any atom is 0.290 e. The molecule has 5 heteroatoms. The predicted octanol–water partition coefficient (Wildman–Crippen LogP) is 3.62. The highest BCUT2D eigenvalue weighted by Crippen LogP contribution is 2.43. The van der Waals surface area contributed by atoms with Gasteiger partial charge in [-0.25, -0.2) is 4.98 Å². The number of likely N-dealkylation sites (tertiary alicyclic amines) is 1. The lowest BCUT2D eigenvalue weighted by atomic mass is 9.78. The molecule has 0 radical (unpaired) electrons. The van der Waals surface area contributed by atoms with Gasteiger partial charge in [0.25, 0.3) is 5.91 Å². The third kappa shape index (κ3) is 3.40. The van der Waals surface area contributed by atoms with Crippen LogP contribution in [0.4, 0.5) is 0 Å². The van der Waals surface area contributed by atoms with Gasteiger partial charge in [-0.3, -0.25) is 4.79 Å². The van der Waals surface area contributed by atoms with Gasteiger partial charge in [-0.1, -0.05) is 66.6 Å². The minimum absolute atomic E-state index is 0.0921. The summed E-state index contributed by atoms with van der Waals surface area (Å²) in [6.07, 6.45) is 10.7. The molecule has 1 amide bonds. The first-order valence-electron chi connectivity index (χ1n) is 10.1. The summed E-state index contributed by atoms with van der Waals surface area (Å²) >= 11 is 0. The van der Waals surface area contributed by atoms with Crippen molar-refractivity contribution < 1.29 is 9.53 Å². The Labute approximate surface area is 177 Å². The molecule has 3 aromatic rings. The third-order valence-corrected chi connectivity index (χ3v) is 5.78. The van der Waals surface area contributed by atoms with Gasteiger partial charge >= 0.3 is 0 Å². The Balaban J connectivity index is 1.87. The summed E-state index contributed by atoms with van der Waals surface area (Å²) in [4.78, 5) is 19.7. The number of aryl methyl sites for hydroxylation is 1. The largest absolute Gasteiger partial charge is 0.351 e. The van der Waals surface area contributed by atoms with Crippen molar-refractivity contribution in [1.29, 1.82) is 0 Å². The monoisotopic (exact) mass is 399 g/mol. The highest BCUT2D eigenvalue weighted by atomic mass is 16.5. The second kappa shape index (κ2) is 8.56. The van der Waals surface area contributed by atoms with Gasteiger partial charge in [-0.2, -0.15) is 0 Å². The number of terminal acetylenes is 1. The number of hydrogen-bond donors (Lipinski definition) is 0. The van der Waals surface area contributed by atoms with Crippen LogP contribution in [0, 0.1) is 12.3 Å². The quantitative estimate of drug-likeness (QED) is 0.595. The summed E-state index contributed by atoms with van der Waals surface area (Å²) in [7, 11) is 1.84. The Morgan fingerprint density at radius 2 is 1.80 bits per heavy atom. The summed E-state index contributed by atoms with van der Waals surface area (Å²) in [6, 6.07) is 19.9. The van der Waals surface area contributed by atoms with E-state index in [1.54, 1.807) is 17.0 Å². The van der Waals surface area contributed by atoms with Crippen LogP contribution in [0.5, 0.6) is 0 Å². The smallest absolute Gasteiger partial charge is 0.290 e. The van der Waals surface area contributed by atoms with E-state index < -0.39 is 5.60 Å². The SMILES string of the molecule is C#CCOC(c1ccccc1)(c1ccccc1)C1CCCN1C(=O)c1nccn1C. The van der Waals surface area contributed by atoms with Crippen LogP contribution in [0.3, 0.4) is 0 Å². The van der Waals surface area contributed by atoms with Gasteiger partial charge in [0.2, 0.25) is 0 Å². The first-order chi connectivity index (χ1) is 14.7. The molecule has 1 fully saturated rings. The molecule has 1 saturated heterocycles. The molecule has 2 aromatic carbocycles. The fourth-order valence-corrected chi connectivity index (χ4v) is 4.47. The van der Waals surface area contributed by atoms with Crippen LogP contribution in [0.1, 0.15) is 34.6 Å². The van der Waals surface area contributed by atoms with E-state index in [1.165, 1.54) is 0 Å². The molecule has 0 saturated carbocycles. The van der Waals surface area contributed by atoms with Gasteiger partial charge in [-0.05, 0) is 24.0 Å². The maximum atomic E-state index is 13.5. The average Bonchev–Trinajstić information content (AvgIpc) is 3.45. The topological polar surface area (TPSA) is 47.4 Å². The Bertz CT molecular complexity index is 998. The maximum absolute atomic E-state index is 13.5. The molecule has 1 aliphatic heterocycles. The van der Waals surface area contributed by atoms with E-state index in [9.17, 15) is 4.79 Å². The predicted molar refractivity (Wildman–Crippen MR) is 116 cm³/mol. The molecule has 4 rings (SSSR count). The lowest BCUT2D eigenvalue weighted by Crippen LogP contribution is -2.52. The van der Waals surface area contributed by atoms with Gasteiger partial charge in [0.15, 0.2) is 5.82 Å². The van der Waals surface area contributed by atoms with E-state index >= 15 is 0 Å². The summed E-state index contributed by atoms with van der Waals surface area (Å²) in [5.41, 5.74) is 1.10. The number of amides is 1. The van der Waals surface area contributed by atoms with Crippen molar-refractivity contribution in [2.24, 2.45) is 7.05 Å². The first-order valence-corrected chi connectivity index (χ1v) is 10.1. The molecule has 2 heterocycles. The van der Waals surface area contributed by atoms with E-state index in [0.29, 0.717) is 12.4 Å². The molecule has 1 unspecified atom stereocenters. The zero-order valence-corrected chi connectivity index (χ0v) is 17.1. The molecule has 152 valence electrons. The molecular formula is C25H25N3O2. The van der Waals surface area contributed by atoms with Crippen LogP contribution in [-0.4, -0.2) is 39.6 Å². The summed E-state index contributed by atoms with van der Waals surface area (Å²) in [6.45, 7) is 0.794. The van der Waals surface area contributed by atoms with Crippen LogP contribution >= 0.6 is 0 Å². The molecule has 1 aliphatic rings. The zero-order chi connectivity index (χ0) is 21.0. The number of imidazole rings is 1. The van der Waals surface area contributed by atoms with Crippen molar-refractivity contribution in [3.8, 4) is 12.3 Å². The van der Waals surface area contributed by atoms with E-state index in [1.807, 2.05) is 72.6 Å². The Morgan fingerprint density at radius 3 is 2.33 bits per heavy atom. The highest BCUT2D eigenvalue weighted by Gasteiger charge is 2.49. The molecule has 0 bridgehead atoms. The van der Waals surface area contributed by atoms with Gasteiger partial charge in [-0.15, -0.1) is 6.42 Å². The summed E-state index contributed by atoms with van der Waals surface area (Å²) < 4.78 is 8.26. The molecule has 1 aromatic heterocycles. The van der Waals surface area contributed by atoms with Crippen LogP contribution in [0.2, 0.25) is 0 Å². The molecule has 0 aliphatic carbocycles. The molecule has 5 nitrogen and oxygen atoms in total. The average molecular weight is 399 g/mol. The van der Waals surface area contributed by atoms with Crippen molar-refractivity contribution in [2.45, 2.75) is 24.5 Å². The number of rotatable bonds is 6. The summed E-state index contributed by atoms with van der Waals surface area (Å²) in [5, 5.41) is 0. The van der Waals surface area contributed by atoms with Crippen LogP contribution in [0.25, 0.3) is 0 Å². The standard InChI is InChI=1S/C25H25N3O2/c1-3-19-30-25(20-11-6-4-7-12-20,21-13-8-5-9-14-21)22-15-10-17-28(22)24(29)23-26-16-18-27(23)2/h1,4-9,11-14,16,18,22H,10,15,17,19H2,2H3. The van der Waals surface area contributed by atoms with E-state index in [4.69, 9.17) is 11.2 Å². The molecule has 30 heavy (non-hydrogen) atoms. The van der Waals surface area contributed by atoms with E-state index in [0.717, 1.165) is 24.0 Å². The van der Waals surface area contributed by atoms with E-state index in [-0.39, 0.29) is 18.6 Å². The number of carbonyl (C=O) groups excluding carboxylic acids is 1. The minimum Gasteiger partial charge on any atom is -0.351 e. The Kier molecular flexibility index (Phi) is 5.69. The van der Waals surface area contributed by atoms with Crippen molar-refractivity contribution in [3.63, 3.8) is 0 Å². The fourth-order valence-electron chi connectivity index (χ4n) is 4.47. The number of carbonyl (C=O) groups is 1. The van der Waals surface area contributed by atoms with Gasteiger partial charge in [0.1, 0.15) is 12.2 Å². The van der Waals surface area contributed by atoms with Crippen molar-refractivity contribution in [3.05, 3.63) is 90.0 Å². The number of hydrogen-bond acceptors (Lipinski definition) is 3. The number of ether oxygens (including phenoxy) is 1. The lowest BCUT2D eigenvalue weighted by molar-refractivity contribution is -0.0510. The Hall–Kier alpha value is -3.36. The third-order valence-electron chi connectivity index (χ3n) is 5.78. The first kappa shape index (κ1) is 19.9. The second-order valence-electron chi connectivity index (χ2n) is 7.48. The van der Waals surface area contributed by atoms with Crippen LogP contribution in [0.15, 0.2) is 73.1 Å².